The Morgan fingerprint density at radius 2 is 1.90 bits per heavy atom. The molecule has 0 saturated carbocycles. The molecule has 0 aromatic heterocycles. The van der Waals surface area contributed by atoms with E-state index < -0.39 is 17.7 Å². The summed E-state index contributed by atoms with van der Waals surface area (Å²) in [7, 11) is 0. The fraction of sp³-hybridized carbons (Fsp3) is 0.467. The van der Waals surface area contributed by atoms with Gasteiger partial charge in [-0.2, -0.15) is 0 Å². The largest absolute Gasteiger partial charge is 0.465 e. The minimum Gasteiger partial charge on any atom is -0.465 e. The lowest BCUT2D eigenvalue weighted by molar-refractivity contribution is 0.0973. The van der Waals surface area contributed by atoms with Gasteiger partial charge in [0.05, 0.1) is 0 Å². The van der Waals surface area contributed by atoms with Crippen molar-refractivity contribution in [2.75, 3.05) is 13.1 Å². The Kier molecular flexibility index (Phi) is 4.67. The van der Waals surface area contributed by atoms with E-state index in [0.29, 0.717) is 25.9 Å². The third kappa shape index (κ3) is 4.37. The van der Waals surface area contributed by atoms with Gasteiger partial charge in [0.15, 0.2) is 0 Å². The normalized spacial score (nSPS) is 17.1. The van der Waals surface area contributed by atoms with Crippen LogP contribution in [0.4, 0.5) is 9.59 Å². The minimum absolute atomic E-state index is 0.226. The number of likely N-dealkylation sites (tertiary alicyclic amines) is 1. The summed E-state index contributed by atoms with van der Waals surface area (Å²) in [6, 6.07) is 9.46. The lowest BCUT2D eigenvalue weighted by Crippen LogP contribution is -2.54. The van der Waals surface area contributed by atoms with Gasteiger partial charge in [-0.3, -0.25) is 0 Å². The first kappa shape index (κ1) is 15.2. The molecule has 2 N–H and O–H groups in total. The van der Waals surface area contributed by atoms with Crippen LogP contribution in [0.1, 0.15) is 25.3 Å². The van der Waals surface area contributed by atoms with Gasteiger partial charge in [-0.25, -0.2) is 9.59 Å². The molecule has 1 aliphatic heterocycles. The third-order valence-electron chi connectivity index (χ3n) is 3.75. The summed E-state index contributed by atoms with van der Waals surface area (Å²) in [4.78, 5) is 24.1. The number of ether oxygens (including phenoxy) is 1. The molecule has 21 heavy (non-hydrogen) atoms. The number of alkyl carbamates (subject to hydrolysis) is 1. The van der Waals surface area contributed by atoms with Crippen molar-refractivity contribution in [1.29, 1.82) is 0 Å². The molecule has 2 amide bonds. The van der Waals surface area contributed by atoms with Gasteiger partial charge in [0, 0.05) is 18.6 Å². The monoisotopic (exact) mass is 292 g/mol. The summed E-state index contributed by atoms with van der Waals surface area (Å²) in [5.74, 6) is 0. The fourth-order valence-electron chi connectivity index (χ4n) is 2.32. The molecule has 0 spiro atoms. The molecule has 1 aromatic carbocycles. The van der Waals surface area contributed by atoms with E-state index in [-0.39, 0.29) is 6.61 Å². The highest BCUT2D eigenvalue weighted by Crippen LogP contribution is 2.22. The molecule has 0 aliphatic carbocycles. The van der Waals surface area contributed by atoms with Crippen molar-refractivity contribution in [1.82, 2.24) is 10.2 Å². The van der Waals surface area contributed by atoms with Gasteiger partial charge in [0.2, 0.25) is 0 Å². The summed E-state index contributed by atoms with van der Waals surface area (Å²) >= 11 is 0. The number of piperidine rings is 1. The second-order valence-electron chi connectivity index (χ2n) is 5.52. The molecule has 6 nitrogen and oxygen atoms in total. The third-order valence-corrected chi connectivity index (χ3v) is 3.75. The number of nitrogens with zero attached hydrogens (tertiary/aromatic N) is 1. The molecule has 1 aliphatic rings. The van der Waals surface area contributed by atoms with Crippen molar-refractivity contribution in [2.45, 2.75) is 31.9 Å². The Bertz CT molecular complexity index is 496. The highest BCUT2D eigenvalue weighted by Gasteiger charge is 2.33. The smallest absolute Gasteiger partial charge is 0.407 e. The van der Waals surface area contributed by atoms with Crippen LogP contribution < -0.4 is 5.32 Å². The number of hydrogen-bond acceptors (Lipinski definition) is 3. The van der Waals surface area contributed by atoms with Crippen LogP contribution in [0.25, 0.3) is 0 Å². The van der Waals surface area contributed by atoms with Crippen molar-refractivity contribution in [3.05, 3.63) is 35.9 Å². The van der Waals surface area contributed by atoms with E-state index in [2.05, 4.69) is 5.32 Å². The zero-order valence-corrected chi connectivity index (χ0v) is 12.0. The van der Waals surface area contributed by atoms with Gasteiger partial charge in [-0.1, -0.05) is 30.3 Å². The predicted molar refractivity (Wildman–Crippen MR) is 77.0 cm³/mol. The molecule has 6 heteroatoms. The average Bonchev–Trinajstić information content (AvgIpc) is 2.46. The van der Waals surface area contributed by atoms with Crippen molar-refractivity contribution >= 4 is 12.2 Å². The summed E-state index contributed by atoms with van der Waals surface area (Å²) in [6.07, 6.45) is -0.215. The quantitative estimate of drug-likeness (QED) is 0.897. The number of benzene rings is 1. The number of carboxylic acid groups (broad SMARTS) is 1. The van der Waals surface area contributed by atoms with E-state index in [0.717, 1.165) is 5.56 Å². The molecule has 0 atom stereocenters. The maximum absolute atomic E-state index is 11.8. The van der Waals surface area contributed by atoms with Gasteiger partial charge in [-0.15, -0.1) is 0 Å². The topological polar surface area (TPSA) is 78.9 Å². The van der Waals surface area contributed by atoms with Crippen LogP contribution in [0.3, 0.4) is 0 Å². The first-order valence-electron chi connectivity index (χ1n) is 6.95. The Balaban J connectivity index is 1.78. The number of amides is 2. The molecule has 114 valence electrons. The molecule has 0 radical (unpaired) electrons. The lowest BCUT2D eigenvalue weighted by Gasteiger charge is -2.38. The number of rotatable bonds is 3. The first-order valence-corrected chi connectivity index (χ1v) is 6.95. The average molecular weight is 292 g/mol. The SMILES string of the molecule is CC1(NC(=O)OCc2ccccc2)CCN(C(=O)O)CC1. The van der Waals surface area contributed by atoms with E-state index in [4.69, 9.17) is 9.84 Å². The Morgan fingerprint density at radius 1 is 1.29 bits per heavy atom. The van der Waals surface area contributed by atoms with Gasteiger partial charge >= 0.3 is 12.2 Å². The van der Waals surface area contributed by atoms with Crippen LogP contribution in [0.5, 0.6) is 0 Å². The summed E-state index contributed by atoms with van der Waals surface area (Å²) < 4.78 is 5.19. The van der Waals surface area contributed by atoms with E-state index in [1.807, 2.05) is 37.3 Å². The van der Waals surface area contributed by atoms with Gasteiger partial charge in [0.25, 0.3) is 0 Å². The Labute approximate surface area is 123 Å². The first-order chi connectivity index (χ1) is 9.98. The number of carbonyl (C=O) groups excluding carboxylic acids is 1. The molecular weight excluding hydrogens is 272 g/mol. The minimum atomic E-state index is -0.913. The number of nitrogens with one attached hydrogen (secondary N) is 1. The van der Waals surface area contributed by atoms with E-state index in [1.54, 1.807) is 0 Å². The van der Waals surface area contributed by atoms with Crippen molar-refractivity contribution in [2.24, 2.45) is 0 Å². The molecule has 1 fully saturated rings. The molecule has 1 saturated heterocycles. The lowest BCUT2D eigenvalue weighted by atomic mass is 9.90. The van der Waals surface area contributed by atoms with Crippen molar-refractivity contribution in [3.8, 4) is 0 Å². The molecule has 0 unspecified atom stereocenters. The van der Waals surface area contributed by atoms with Crippen LogP contribution in [0.15, 0.2) is 30.3 Å². The zero-order chi connectivity index (χ0) is 15.3. The highest BCUT2D eigenvalue weighted by atomic mass is 16.5. The summed E-state index contributed by atoms with van der Waals surface area (Å²) in [5, 5.41) is 11.8. The molecular formula is C15H20N2O4. The zero-order valence-electron chi connectivity index (χ0n) is 12.0. The second-order valence-corrected chi connectivity index (χ2v) is 5.52. The molecule has 1 heterocycles. The summed E-state index contributed by atoms with van der Waals surface area (Å²) in [6.45, 7) is 2.98. The maximum Gasteiger partial charge on any atom is 0.407 e. The second kappa shape index (κ2) is 6.47. The van der Waals surface area contributed by atoms with Crippen LogP contribution >= 0.6 is 0 Å². The van der Waals surface area contributed by atoms with Crippen molar-refractivity contribution < 1.29 is 19.4 Å². The molecule has 2 rings (SSSR count). The van der Waals surface area contributed by atoms with Crippen LogP contribution in [-0.4, -0.2) is 40.8 Å². The van der Waals surface area contributed by atoms with Crippen LogP contribution in [-0.2, 0) is 11.3 Å². The summed E-state index contributed by atoms with van der Waals surface area (Å²) in [5.41, 5.74) is 0.512. The van der Waals surface area contributed by atoms with E-state index in [9.17, 15) is 9.59 Å². The fourth-order valence-corrected chi connectivity index (χ4v) is 2.32. The maximum atomic E-state index is 11.8. The predicted octanol–water partition coefficient (Wildman–Crippen LogP) is 2.45. The number of carbonyl (C=O) groups is 2. The van der Waals surface area contributed by atoms with Gasteiger partial charge in [0.1, 0.15) is 6.61 Å². The number of hydrogen-bond donors (Lipinski definition) is 2. The van der Waals surface area contributed by atoms with Crippen LogP contribution in [0, 0.1) is 0 Å². The van der Waals surface area contributed by atoms with Crippen molar-refractivity contribution in [3.63, 3.8) is 0 Å². The van der Waals surface area contributed by atoms with Gasteiger partial charge < -0.3 is 20.1 Å². The van der Waals surface area contributed by atoms with Gasteiger partial charge in [-0.05, 0) is 25.3 Å². The standard InChI is InChI=1S/C15H20N2O4/c1-15(7-9-17(10-8-15)14(19)20)16-13(18)21-11-12-5-3-2-4-6-12/h2-6H,7-11H2,1H3,(H,16,18)(H,19,20). The van der Waals surface area contributed by atoms with Crippen LogP contribution in [0.2, 0.25) is 0 Å². The van der Waals surface area contributed by atoms with E-state index >= 15 is 0 Å². The molecule has 0 bridgehead atoms. The van der Waals surface area contributed by atoms with E-state index in [1.165, 1.54) is 4.90 Å². The Hall–Kier alpha value is -2.24. The molecule has 1 aromatic rings. The highest BCUT2D eigenvalue weighted by molar-refractivity contribution is 5.68. The Morgan fingerprint density at radius 3 is 2.48 bits per heavy atom.